The first-order chi connectivity index (χ1) is 10.2. The van der Waals surface area contributed by atoms with E-state index in [4.69, 9.17) is 0 Å². The summed E-state index contributed by atoms with van der Waals surface area (Å²) < 4.78 is 0. The molecule has 2 amide bonds. The van der Waals surface area contributed by atoms with E-state index in [0.717, 1.165) is 51.6 Å². The predicted molar refractivity (Wildman–Crippen MR) is 83.9 cm³/mol. The van der Waals surface area contributed by atoms with Crippen molar-refractivity contribution in [3.05, 3.63) is 0 Å². The summed E-state index contributed by atoms with van der Waals surface area (Å²) in [6.07, 6.45) is 8.85. The van der Waals surface area contributed by atoms with Crippen molar-refractivity contribution in [1.82, 2.24) is 9.80 Å². The number of piperidine rings is 2. The summed E-state index contributed by atoms with van der Waals surface area (Å²) in [4.78, 5) is 28.9. The third kappa shape index (κ3) is 3.98. The first kappa shape index (κ1) is 16.3. The zero-order valence-corrected chi connectivity index (χ0v) is 13.6. The average Bonchev–Trinajstić information content (AvgIpc) is 2.54. The summed E-state index contributed by atoms with van der Waals surface area (Å²) in [6, 6.07) is 0.699. The fourth-order valence-electron chi connectivity index (χ4n) is 3.84. The van der Waals surface area contributed by atoms with Gasteiger partial charge in [-0.3, -0.25) is 9.59 Å². The lowest BCUT2D eigenvalue weighted by molar-refractivity contribution is -0.144. The monoisotopic (exact) mass is 294 g/mol. The van der Waals surface area contributed by atoms with E-state index in [2.05, 4.69) is 13.8 Å². The highest BCUT2D eigenvalue weighted by molar-refractivity contribution is 5.97. The molecular formula is C17H30N2O2. The number of hydrogen-bond acceptors (Lipinski definition) is 2. The molecule has 120 valence electrons. The van der Waals surface area contributed by atoms with Gasteiger partial charge in [0.25, 0.3) is 0 Å². The molecule has 0 bridgehead atoms. The molecule has 2 atom stereocenters. The van der Waals surface area contributed by atoms with Crippen LogP contribution in [0.15, 0.2) is 0 Å². The molecule has 2 unspecified atom stereocenters. The Hall–Kier alpha value is -1.06. The van der Waals surface area contributed by atoms with Gasteiger partial charge in [-0.15, -0.1) is 0 Å². The van der Waals surface area contributed by atoms with Crippen LogP contribution < -0.4 is 0 Å². The molecule has 0 N–H and O–H groups in total. The quantitative estimate of drug-likeness (QED) is 0.748. The van der Waals surface area contributed by atoms with Gasteiger partial charge in [-0.1, -0.05) is 13.8 Å². The topological polar surface area (TPSA) is 40.6 Å². The van der Waals surface area contributed by atoms with Crippen LogP contribution in [0.4, 0.5) is 0 Å². The first-order valence-electron chi connectivity index (χ1n) is 8.76. The Labute approximate surface area is 128 Å². The molecule has 2 aliphatic heterocycles. The molecule has 0 aromatic rings. The minimum Gasteiger partial charge on any atom is -0.339 e. The first-order valence-corrected chi connectivity index (χ1v) is 8.76. The Morgan fingerprint density at radius 1 is 0.810 bits per heavy atom. The van der Waals surface area contributed by atoms with Crippen LogP contribution in [0.2, 0.25) is 0 Å². The average molecular weight is 294 g/mol. The Morgan fingerprint density at radius 3 is 1.62 bits per heavy atom. The maximum atomic E-state index is 12.5. The van der Waals surface area contributed by atoms with E-state index < -0.39 is 0 Å². The molecule has 0 aromatic heterocycles. The van der Waals surface area contributed by atoms with E-state index in [0.29, 0.717) is 12.1 Å². The maximum Gasteiger partial charge on any atom is 0.232 e. The zero-order chi connectivity index (χ0) is 15.2. The van der Waals surface area contributed by atoms with Gasteiger partial charge in [0.05, 0.1) is 0 Å². The fourth-order valence-corrected chi connectivity index (χ4v) is 3.84. The van der Waals surface area contributed by atoms with Gasteiger partial charge >= 0.3 is 0 Å². The number of hydrogen-bond donors (Lipinski definition) is 0. The van der Waals surface area contributed by atoms with Gasteiger partial charge in [-0.05, 0) is 51.4 Å². The van der Waals surface area contributed by atoms with E-state index >= 15 is 0 Å². The van der Waals surface area contributed by atoms with Gasteiger partial charge in [0, 0.05) is 25.2 Å². The van der Waals surface area contributed by atoms with Crippen LogP contribution in [-0.4, -0.2) is 46.8 Å². The second kappa shape index (κ2) is 7.81. The molecular weight excluding hydrogens is 264 g/mol. The largest absolute Gasteiger partial charge is 0.339 e. The molecule has 4 nitrogen and oxygen atoms in total. The van der Waals surface area contributed by atoms with Gasteiger partial charge < -0.3 is 9.80 Å². The van der Waals surface area contributed by atoms with Gasteiger partial charge in [-0.2, -0.15) is 0 Å². The van der Waals surface area contributed by atoms with Crippen molar-refractivity contribution < 1.29 is 9.59 Å². The molecule has 21 heavy (non-hydrogen) atoms. The minimum absolute atomic E-state index is 0.0481. The second-order valence-electron chi connectivity index (χ2n) is 6.47. The molecule has 0 aliphatic carbocycles. The van der Waals surface area contributed by atoms with Gasteiger partial charge in [0.1, 0.15) is 6.42 Å². The number of carbonyl (C=O) groups excluding carboxylic acids is 2. The number of likely N-dealkylation sites (tertiary alicyclic amines) is 2. The van der Waals surface area contributed by atoms with Crippen LogP contribution in [0.1, 0.15) is 71.6 Å². The van der Waals surface area contributed by atoms with E-state index in [1.165, 1.54) is 12.8 Å². The Balaban J connectivity index is 1.92. The van der Waals surface area contributed by atoms with Crippen molar-refractivity contribution in [2.24, 2.45) is 0 Å². The minimum atomic E-state index is 0.0481. The zero-order valence-electron chi connectivity index (χ0n) is 13.6. The van der Waals surface area contributed by atoms with Crippen molar-refractivity contribution in [2.45, 2.75) is 83.7 Å². The third-order valence-electron chi connectivity index (χ3n) is 5.14. The molecule has 0 aromatic carbocycles. The molecule has 2 saturated heterocycles. The van der Waals surface area contributed by atoms with Crippen LogP contribution in [0.25, 0.3) is 0 Å². The lowest BCUT2D eigenvalue weighted by Crippen LogP contribution is -2.48. The van der Waals surface area contributed by atoms with Gasteiger partial charge in [-0.25, -0.2) is 0 Å². The van der Waals surface area contributed by atoms with Crippen LogP contribution in [0.3, 0.4) is 0 Å². The van der Waals surface area contributed by atoms with Crippen LogP contribution >= 0.6 is 0 Å². The van der Waals surface area contributed by atoms with E-state index in [1.807, 2.05) is 9.80 Å². The summed E-state index contributed by atoms with van der Waals surface area (Å²) in [5.74, 6) is 0.0963. The molecule has 0 radical (unpaired) electrons. The molecule has 2 fully saturated rings. The van der Waals surface area contributed by atoms with Crippen LogP contribution in [-0.2, 0) is 9.59 Å². The lowest BCUT2D eigenvalue weighted by atomic mass is 9.98. The smallest absolute Gasteiger partial charge is 0.232 e. The van der Waals surface area contributed by atoms with Crippen LogP contribution in [0, 0.1) is 0 Å². The van der Waals surface area contributed by atoms with Gasteiger partial charge in [0.15, 0.2) is 0 Å². The molecule has 0 spiro atoms. The van der Waals surface area contributed by atoms with Crippen molar-refractivity contribution in [1.29, 1.82) is 0 Å². The predicted octanol–water partition coefficient (Wildman–Crippen LogP) is 2.96. The van der Waals surface area contributed by atoms with E-state index in [1.54, 1.807) is 0 Å². The third-order valence-corrected chi connectivity index (χ3v) is 5.14. The Morgan fingerprint density at radius 2 is 1.24 bits per heavy atom. The Bertz CT molecular complexity index is 336. The van der Waals surface area contributed by atoms with Crippen molar-refractivity contribution in [3.63, 3.8) is 0 Å². The normalized spacial score (nSPS) is 26.8. The fraction of sp³-hybridized carbons (Fsp3) is 0.882. The standard InChI is InChI=1S/C17H30N2O2/c1-3-14-9-5-7-11-18(14)16(20)13-17(21)19-12-8-6-10-15(19)4-2/h14-15H,3-13H2,1-2H3. The summed E-state index contributed by atoms with van der Waals surface area (Å²) in [5.41, 5.74) is 0. The summed E-state index contributed by atoms with van der Waals surface area (Å²) in [7, 11) is 0. The summed E-state index contributed by atoms with van der Waals surface area (Å²) in [6.45, 7) is 5.94. The highest BCUT2D eigenvalue weighted by atomic mass is 16.2. The Kier molecular flexibility index (Phi) is 6.07. The van der Waals surface area contributed by atoms with Crippen LogP contribution in [0.5, 0.6) is 0 Å². The lowest BCUT2D eigenvalue weighted by Gasteiger charge is -2.38. The second-order valence-corrected chi connectivity index (χ2v) is 6.47. The number of carbonyl (C=O) groups is 2. The molecule has 2 heterocycles. The highest BCUT2D eigenvalue weighted by Crippen LogP contribution is 2.23. The highest BCUT2D eigenvalue weighted by Gasteiger charge is 2.30. The SMILES string of the molecule is CCC1CCCCN1C(=O)CC(=O)N1CCCCC1CC. The number of amides is 2. The molecule has 4 heteroatoms. The molecule has 2 aliphatic rings. The van der Waals surface area contributed by atoms with E-state index in [-0.39, 0.29) is 18.2 Å². The van der Waals surface area contributed by atoms with Crippen molar-refractivity contribution >= 4 is 11.8 Å². The van der Waals surface area contributed by atoms with Crippen molar-refractivity contribution in [3.8, 4) is 0 Å². The number of nitrogens with zero attached hydrogens (tertiary/aromatic N) is 2. The summed E-state index contributed by atoms with van der Waals surface area (Å²) in [5, 5.41) is 0. The van der Waals surface area contributed by atoms with Crippen molar-refractivity contribution in [2.75, 3.05) is 13.1 Å². The number of rotatable bonds is 4. The van der Waals surface area contributed by atoms with E-state index in [9.17, 15) is 9.59 Å². The molecule has 2 rings (SSSR count). The summed E-state index contributed by atoms with van der Waals surface area (Å²) >= 11 is 0. The molecule has 0 saturated carbocycles. The maximum absolute atomic E-state index is 12.5. The van der Waals surface area contributed by atoms with Gasteiger partial charge in [0.2, 0.25) is 11.8 Å².